The predicted molar refractivity (Wildman–Crippen MR) is 505 cm³/mol. The quantitative estimate of drug-likeness (QED) is 0.0102. The van der Waals surface area contributed by atoms with Crippen molar-refractivity contribution < 1.29 is 57.1 Å². The van der Waals surface area contributed by atoms with Crippen LogP contribution >= 0.6 is 90.4 Å². The highest BCUT2D eigenvalue weighted by Gasteiger charge is 2.38. The minimum Gasteiger partial charge on any atom is -0.455 e. The second-order valence-corrected chi connectivity index (χ2v) is 42.6. The van der Waals surface area contributed by atoms with Crippen LogP contribution in [0.3, 0.4) is 0 Å². The van der Waals surface area contributed by atoms with Gasteiger partial charge in [-0.15, -0.1) is 0 Å². The molecule has 8 atom stereocenters. The van der Waals surface area contributed by atoms with E-state index in [0.29, 0.717) is 29.6 Å². The molecule has 0 amide bonds. The molecule has 1 aliphatic rings. The summed E-state index contributed by atoms with van der Waals surface area (Å²) in [6, 6.07) is 117. The maximum Gasteiger partial charge on any atom is 0.321 e. The van der Waals surface area contributed by atoms with Gasteiger partial charge in [0.05, 0.1) is 43.6 Å². The molecule has 604 valence electrons. The number of carbonyl (C=O) groups excluding carboxylic acids is 4. The molecule has 12 nitrogen and oxygen atoms in total. The fraction of sp³-hybridized carbons (Fsp3) is 0.216. The van der Waals surface area contributed by atoms with Gasteiger partial charge in [-0.3, -0.25) is 19.2 Å². The molecule has 12 aromatic rings. The molecular formula is C97H96I4O12S4+4. The van der Waals surface area contributed by atoms with Crippen LogP contribution in [-0.4, -0.2) is 64.7 Å². The SMILES string of the molecule is CC(I)C(=O)OC(Oc1ccc([S+](c2ccccc2)c2ccccc2)cc1)C(C)C.CC(I)C(=O)OC(Oc1ccc([S+](c2ccccc2)c2ccccc2)cc1)C1CC1.CC(OC(=O)C(C)I)Oc1ccc([S+](c2ccccc2)c2ccccc2)cc1.CCC(OC(=O)C(C)I)Oc1ccc([S+](c2ccccc2)c2ccccc2)cc1. The first-order valence-corrected chi connectivity index (χ1v) is 48.4. The van der Waals surface area contributed by atoms with E-state index in [9.17, 15) is 19.2 Å². The van der Waals surface area contributed by atoms with Crippen molar-refractivity contribution >= 4 is 158 Å². The number of rotatable bonds is 31. The number of esters is 4. The molecule has 13 rings (SSSR count). The van der Waals surface area contributed by atoms with Crippen molar-refractivity contribution in [3.63, 3.8) is 0 Å². The lowest BCUT2D eigenvalue weighted by molar-refractivity contribution is -0.168. The molecule has 8 unspecified atom stereocenters. The summed E-state index contributed by atoms with van der Waals surface area (Å²) in [5.74, 6) is 2.11. The van der Waals surface area contributed by atoms with Gasteiger partial charge >= 0.3 is 23.9 Å². The highest BCUT2D eigenvalue weighted by molar-refractivity contribution is 14.1. The Morgan fingerprint density at radius 3 is 0.752 bits per heavy atom. The topological polar surface area (TPSA) is 142 Å². The van der Waals surface area contributed by atoms with Gasteiger partial charge < -0.3 is 37.9 Å². The Morgan fingerprint density at radius 1 is 0.282 bits per heavy atom. The van der Waals surface area contributed by atoms with E-state index in [1.165, 1.54) is 58.7 Å². The minimum atomic E-state index is -0.628. The van der Waals surface area contributed by atoms with Gasteiger partial charge in [-0.05, 0) is 235 Å². The molecule has 0 N–H and O–H groups in total. The van der Waals surface area contributed by atoms with E-state index in [-0.39, 0.29) is 89.1 Å². The van der Waals surface area contributed by atoms with Crippen molar-refractivity contribution in [2.24, 2.45) is 11.8 Å². The molecule has 0 spiro atoms. The first kappa shape index (κ1) is 91.3. The van der Waals surface area contributed by atoms with E-state index < -0.39 is 25.2 Å². The van der Waals surface area contributed by atoms with E-state index in [1.54, 1.807) is 20.8 Å². The van der Waals surface area contributed by atoms with Crippen molar-refractivity contribution in [2.45, 2.75) is 174 Å². The fourth-order valence-corrected chi connectivity index (χ4v) is 20.2. The third-order valence-electron chi connectivity index (χ3n) is 17.3. The number of halogens is 4. The maximum absolute atomic E-state index is 12.0. The van der Waals surface area contributed by atoms with Crippen LogP contribution in [0.1, 0.15) is 74.7 Å². The Morgan fingerprint density at radius 2 is 0.504 bits per heavy atom. The molecule has 12 aromatic carbocycles. The highest BCUT2D eigenvalue weighted by atomic mass is 127. The number of ether oxygens (including phenoxy) is 8. The van der Waals surface area contributed by atoms with Crippen molar-refractivity contribution in [2.75, 3.05) is 0 Å². The van der Waals surface area contributed by atoms with Gasteiger partial charge in [0.15, 0.2) is 58.7 Å². The molecule has 0 bridgehead atoms. The van der Waals surface area contributed by atoms with Crippen LogP contribution in [0.15, 0.2) is 398 Å². The third kappa shape index (κ3) is 28.9. The summed E-state index contributed by atoms with van der Waals surface area (Å²) in [4.78, 5) is 62.6. The fourth-order valence-electron chi connectivity index (χ4n) is 11.3. The van der Waals surface area contributed by atoms with E-state index in [1.807, 2.05) is 199 Å². The maximum atomic E-state index is 12.0. The largest absolute Gasteiger partial charge is 0.455 e. The summed E-state index contributed by atoms with van der Waals surface area (Å²) < 4.78 is 44.7. The Balaban J connectivity index is 0.000000165. The lowest BCUT2D eigenvalue weighted by Crippen LogP contribution is -2.31. The standard InChI is InChI=1S/C25H24IO3S.C25H26IO3S.C24H24IO3S.C23H22IO3S/c1-18(26)24(27)29-25(19-12-13-19)28-20-14-16-23(17-15-20)30(21-8-4-2-5-9-21)22-10-6-3-7-11-22;1-18(2)25(29-24(27)19(3)26)28-20-14-16-23(17-15-20)30(21-10-6-4-7-11-21)22-12-8-5-9-13-22;1-3-23(28-24(26)18(2)25)27-19-14-16-22(17-15-19)29(20-10-6-4-7-11-20)21-12-8-5-9-13-21;1-17(24)23(25)27-18(2)26-19-13-15-22(16-14-19)28(20-9-5-3-6-10-20)21-11-7-4-8-12-21/h2-11,14-19,25H,12-13H2,1H3;4-19,25H,1-3H3;4-18,23H,3H2,1-2H3;3-18H,1-2H3/q4*+1. The minimum absolute atomic E-state index is 0.0482. The molecule has 1 aliphatic carbocycles. The van der Waals surface area contributed by atoms with Gasteiger partial charge in [-0.1, -0.05) is 257 Å². The number of hydrogen-bond donors (Lipinski definition) is 0. The van der Waals surface area contributed by atoms with E-state index in [0.717, 1.165) is 18.6 Å². The van der Waals surface area contributed by atoms with Gasteiger partial charge in [0.2, 0.25) is 25.2 Å². The van der Waals surface area contributed by atoms with Gasteiger partial charge in [-0.2, -0.15) is 0 Å². The van der Waals surface area contributed by atoms with Crippen LogP contribution in [0.5, 0.6) is 23.0 Å². The van der Waals surface area contributed by atoms with Crippen LogP contribution in [-0.2, 0) is 81.7 Å². The van der Waals surface area contributed by atoms with Crippen molar-refractivity contribution in [1.82, 2.24) is 0 Å². The molecule has 20 heteroatoms. The van der Waals surface area contributed by atoms with Crippen LogP contribution < -0.4 is 18.9 Å². The van der Waals surface area contributed by atoms with Crippen molar-refractivity contribution in [3.05, 3.63) is 340 Å². The van der Waals surface area contributed by atoms with E-state index in [2.05, 4.69) is 265 Å². The molecule has 0 aliphatic heterocycles. The van der Waals surface area contributed by atoms with Gasteiger partial charge in [-0.25, -0.2) is 0 Å². The summed E-state index contributed by atoms with van der Waals surface area (Å²) in [6.45, 7) is 14.9. The average Bonchev–Trinajstić information content (AvgIpc) is 1.72. The second-order valence-electron chi connectivity index (χ2n) is 27.0. The lowest BCUT2D eigenvalue weighted by atomic mass is 10.2. The second kappa shape index (κ2) is 47.7. The molecule has 117 heavy (non-hydrogen) atoms. The number of alkyl halides is 4. The molecule has 0 saturated heterocycles. The lowest BCUT2D eigenvalue weighted by Gasteiger charge is -2.23. The van der Waals surface area contributed by atoms with Crippen LogP contribution in [0.2, 0.25) is 0 Å². The Bertz CT molecular complexity index is 4610. The summed E-state index contributed by atoms with van der Waals surface area (Å²) in [5, 5.41) is 0. The highest BCUT2D eigenvalue weighted by Crippen LogP contribution is 2.40. The molecule has 0 heterocycles. The van der Waals surface area contributed by atoms with Crippen LogP contribution in [0.4, 0.5) is 0 Å². The number of carbonyl (C=O) groups is 4. The Labute approximate surface area is 755 Å². The van der Waals surface area contributed by atoms with Crippen LogP contribution in [0, 0.1) is 11.8 Å². The Hall–Kier alpha value is -7.96. The smallest absolute Gasteiger partial charge is 0.321 e. The van der Waals surface area contributed by atoms with E-state index >= 15 is 0 Å². The van der Waals surface area contributed by atoms with Crippen molar-refractivity contribution in [1.29, 1.82) is 0 Å². The first-order valence-electron chi connectivity index (χ1n) is 38.5. The van der Waals surface area contributed by atoms with Gasteiger partial charge in [0.1, 0.15) is 38.7 Å². The first-order chi connectivity index (χ1) is 56.7. The molecular weight excluding hydrogens is 1990 g/mol. The summed E-state index contributed by atoms with van der Waals surface area (Å²) in [7, 11) is -0.778. The predicted octanol–water partition coefficient (Wildman–Crippen LogP) is 24.9. The van der Waals surface area contributed by atoms with Crippen molar-refractivity contribution in [3.8, 4) is 23.0 Å². The molecule has 1 fully saturated rings. The van der Waals surface area contributed by atoms with Gasteiger partial charge in [0, 0.05) is 25.2 Å². The average molecular weight is 2090 g/mol. The monoisotopic (exact) mass is 2090 g/mol. The third-order valence-corrected chi connectivity index (χ3v) is 28.3. The zero-order valence-corrected chi connectivity index (χ0v) is 78.2. The summed E-state index contributed by atoms with van der Waals surface area (Å²) in [5.41, 5.74) is 0. The molecule has 1 saturated carbocycles. The number of benzene rings is 12. The van der Waals surface area contributed by atoms with Gasteiger partial charge in [0.25, 0.3) is 0 Å². The summed E-state index contributed by atoms with van der Waals surface area (Å²) >= 11 is 8.19. The summed E-state index contributed by atoms with van der Waals surface area (Å²) in [6.07, 6.45) is 0.358. The van der Waals surface area contributed by atoms with E-state index in [4.69, 9.17) is 37.9 Å². The Kier molecular flexibility index (Phi) is 37.3. The molecule has 0 radical (unpaired) electrons. The normalized spacial score (nSPS) is 13.6. The number of hydrogen-bond acceptors (Lipinski definition) is 12. The molecule has 0 aromatic heterocycles. The van der Waals surface area contributed by atoms with Crippen LogP contribution in [0.25, 0.3) is 0 Å². The zero-order chi connectivity index (χ0) is 83.0. The zero-order valence-electron chi connectivity index (χ0n) is 66.3.